The molecule has 0 radical (unpaired) electrons. The number of hydrogen-bond donors (Lipinski definition) is 2. The van der Waals surface area contributed by atoms with Crippen molar-refractivity contribution in [3.8, 4) is 0 Å². The number of halogens is 3. The number of likely N-dealkylation sites (N-methyl/N-ethyl adjacent to an activating group) is 1. The number of fused-ring (bicyclic) bond motifs is 1. The molecular weight excluding hydrogens is 521 g/mol. The maximum absolute atomic E-state index is 13.6. The zero-order chi connectivity index (χ0) is 28.3. The number of piperazine rings is 1. The van der Waals surface area contributed by atoms with Crippen LogP contribution in [0, 0.1) is 0 Å². The van der Waals surface area contributed by atoms with E-state index in [9.17, 15) is 22.8 Å². The molecule has 3 amide bonds. The van der Waals surface area contributed by atoms with E-state index < -0.39 is 30.8 Å². The van der Waals surface area contributed by atoms with Gasteiger partial charge in [-0.3, -0.25) is 9.69 Å². The van der Waals surface area contributed by atoms with E-state index in [1.54, 1.807) is 60.7 Å². The number of rotatable bonds is 5. The van der Waals surface area contributed by atoms with Gasteiger partial charge in [0.25, 0.3) is 5.91 Å². The Morgan fingerprint density at radius 2 is 1.57 bits per heavy atom. The Hall–Kier alpha value is -4.38. The Morgan fingerprint density at radius 3 is 2.25 bits per heavy atom. The topological polar surface area (TPSA) is 80.3 Å². The van der Waals surface area contributed by atoms with Crippen LogP contribution in [0.1, 0.15) is 11.1 Å². The third-order valence-corrected chi connectivity index (χ3v) is 6.85. The van der Waals surface area contributed by atoms with Crippen molar-refractivity contribution in [1.29, 1.82) is 0 Å². The van der Waals surface area contributed by atoms with Crippen molar-refractivity contribution in [2.24, 2.45) is 4.99 Å². The van der Waals surface area contributed by atoms with Gasteiger partial charge < -0.3 is 20.4 Å². The molecule has 1 saturated heterocycles. The maximum atomic E-state index is 13.6. The van der Waals surface area contributed by atoms with Crippen molar-refractivity contribution in [3.63, 3.8) is 0 Å². The second kappa shape index (κ2) is 11.4. The fraction of sp³-hybridized carbons (Fsp3) is 0.276. The van der Waals surface area contributed by atoms with Gasteiger partial charge in [0.15, 0.2) is 0 Å². The third-order valence-electron chi connectivity index (χ3n) is 6.85. The largest absolute Gasteiger partial charge is 0.406 e. The molecule has 0 aromatic heterocycles. The highest BCUT2D eigenvalue weighted by molar-refractivity contribution is 6.20. The molecule has 0 saturated carbocycles. The SMILES string of the molecule is CN1CCN(c2ccc(NC(=O)NC3N=C(c4ccccc4)c4ccccc4N(CC(F)(F)F)C3=O)cc2)CC1. The van der Waals surface area contributed by atoms with E-state index in [1.165, 1.54) is 6.07 Å². The number of urea groups is 1. The second-order valence-corrected chi connectivity index (χ2v) is 9.74. The van der Waals surface area contributed by atoms with E-state index in [0.29, 0.717) is 27.4 Å². The van der Waals surface area contributed by atoms with Gasteiger partial charge in [0.2, 0.25) is 6.17 Å². The van der Waals surface area contributed by atoms with Crippen molar-refractivity contribution in [1.82, 2.24) is 10.2 Å². The summed E-state index contributed by atoms with van der Waals surface area (Å²) in [6.07, 6.45) is -6.26. The monoisotopic (exact) mass is 550 g/mol. The first-order valence-corrected chi connectivity index (χ1v) is 12.9. The number of hydrogen-bond acceptors (Lipinski definition) is 5. The van der Waals surface area contributed by atoms with Crippen LogP contribution in [0.5, 0.6) is 0 Å². The van der Waals surface area contributed by atoms with Crippen LogP contribution in [0.4, 0.5) is 35.0 Å². The number of alkyl halides is 3. The number of nitrogens with zero attached hydrogens (tertiary/aromatic N) is 4. The zero-order valence-electron chi connectivity index (χ0n) is 21.9. The Balaban J connectivity index is 1.40. The predicted molar refractivity (Wildman–Crippen MR) is 149 cm³/mol. The minimum Gasteiger partial charge on any atom is -0.369 e. The molecule has 8 nitrogen and oxygen atoms in total. The molecule has 3 aromatic carbocycles. The summed E-state index contributed by atoms with van der Waals surface area (Å²) in [5.74, 6) is -0.990. The molecule has 2 aliphatic heterocycles. The molecule has 2 N–H and O–H groups in total. The van der Waals surface area contributed by atoms with Gasteiger partial charge in [0.05, 0.1) is 11.4 Å². The highest BCUT2D eigenvalue weighted by Gasteiger charge is 2.40. The highest BCUT2D eigenvalue weighted by Crippen LogP contribution is 2.31. The molecule has 2 aliphatic rings. The summed E-state index contributed by atoms with van der Waals surface area (Å²) in [5, 5.41) is 5.15. The molecule has 0 aliphatic carbocycles. The van der Waals surface area contributed by atoms with E-state index in [1.807, 2.05) is 12.1 Å². The Morgan fingerprint density at radius 1 is 0.925 bits per heavy atom. The first kappa shape index (κ1) is 27.2. The van der Waals surface area contributed by atoms with Gasteiger partial charge in [-0.25, -0.2) is 9.79 Å². The molecule has 11 heteroatoms. The van der Waals surface area contributed by atoms with Crippen LogP contribution in [-0.2, 0) is 4.79 Å². The number of carbonyl (C=O) groups excluding carboxylic acids is 2. The van der Waals surface area contributed by atoms with Gasteiger partial charge in [0.1, 0.15) is 6.54 Å². The van der Waals surface area contributed by atoms with Crippen molar-refractivity contribution in [2.75, 3.05) is 54.9 Å². The Kier molecular flexibility index (Phi) is 7.74. The molecule has 208 valence electrons. The van der Waals surface area contributed by atoms with Crippen LogP contribution in [0.25, 0.3) is 0 Å². The summed E-state index contributed by atoms with van der Waals surface area (Å²) < 4.78 is 40.8. The number of para-hydroxylation sites is 1. The van der Waals surface area contributed by atoms with Crippen LogP contribution in [0.3, 0.4) is 0 Å². The van der Waals surface area contributed by atoms with Crippen LogP contribution < -0.4 is 20.4 Å². The van der Waals surface area contributed by atoms with Gasteiger partial charge in [-0.15, -0.1) is 0 Å². The fourth-order valence-electron chi connectivity index (χ4n) is 4.80. The summed E-state index contributed by atoms with van der Waals surface area (Å²) in [6.45, 7) is 2.18. The number of benzodiazepines with no additional fused rings is 1. The first-order chi connectivity index (χ1) is 19.2. The van der Waals surface area contributed by atoms with E-state index in [0.717, 1.165) is 31.9 Å². The van der Waals surface area contributed by atoms with Crippen LogP contribution in [0.15, 0.2) is 83.9 Å². The van der Waals surface area contributed by atoms with Crippen molar-refractivity contribution >= 4 is 34.7 Å². The summed E-state index contributed by atoms with van der Waals surface area (Å²) in [6, 6.07) is 21.6. The number of nitrogens with one attached hydrogen (secondary N) is 2. The molecule has 5 rings (SSSR count). The normalized spacial score (nSPS) is 18.1. The van der Waals surface area contributed by atoms with Crippen LogP contribution in [0.2, 0.25) is 0 Å². The molecule has 2 heterocycles. The molecular formula is C29H29F3N6O2. The predicted octanol–water partition coefficient (Wildman–Crippen LogP) is 4.33. The van der Waals surface area contributed by atoms with Gasteiger partial charge in [-0.05, 0) is 37.4 Å². The Labute approximate surface area is 230 Å². The van der Waals surface area contributed by atoms with Gasteiger partial charge in [0, 0.05) is 48.7 Å². The van der Waals surface area contributed by atoms with E-state index in [2.05, 4.69) is 32.5 Å². The lowest BCUT2D eigenvalue weighted by atomic mass is 10.0. The highest BCUT2D eigenvalue weighted by atomic mass is 19.4. The van der Waals surface area contributed by atoms with Gasteiger partial charge >= 0.3 is 12.2 Å². The molecule has 1 atom stereocenters. The molecule has 0 spiro atoms. The third kappa shape index (κ3) is 6.26. The molecule has 3 aromatic rings. The lowest BCUT2D eigenvalue weighted by Gasteiger charge is -2.34. The first-order valence-electron chi connectivity index (χ1n) is 12.9. The van der Waals surface area contributed by atoms with Crippen molar-refractivity contribution < 1.29 is 22.8 Å². The van der Waals surface area contributed by atoms with Crippen molar-refractivity contribution in [3.05, 3.63) is 90.0 Å². The summed E-state index contributed by atoms with van der Waals surface area (Å²) in [5.41, 5.74) is 2.82. The van der Waals surface area contributed by atoms with E-state index >= 15 is 0 Å². The smallest absolute Gasteiger partial charge is 0.369 e. The van der Waals surface area contributed by atoms with Gasteiger partial charge in [-0.2, -0.15) is 13.2 Å². The standard InChI is InChI=1S/C29H29F3N6O2/c1-36-15-17-37(18-16-36)22-13-11-21(12-14-22)33-28(40)35-26-27(39)38(19-29(30,31)32)24-10-6-5-9-23(24)25(34-26)20-7-3-2-4-8-20/h2-14,26H,15-19H2,1H3,(H2,33,35,40). The number of benzene rings is 3. The second-order valence-electron chi connectivity index (χ2n) is 9.74. The van der Waals surface area contributed by atoms with Crippen LogP contribution in [-0.4, -0.2) is 74.7 Å². The summed E-state index contributed by atoms with van der Waals surface area (Å²) in [4.78, 5) is 36.1. The van der Waals surface area contributed by atoms with Crippen LogP contribution >= 0.6 is 0 Å². The number of amides is 3. The number of aliphatic imine (C=N–C) groups is 1. The lowest BCUT2D eigenvalue weighted by Crippen LogP contribution is -2.50. The fourth-order valence-corrected chi connectivity index (χ4v) is 4.80. The number of carbonyl (C=O) groups is 2. The van der Waals surface area contributed by atoms with E-state index in [-0.39, 0.29) is 5.69 Å². The zero-order valence-corrected chi connectivity index (χ0v) is 21.9. The van der Waals surface area contributed by atoms with Gasteiger partial charge in [-0.1, -0.05) is 48.5 Å². The quantitative estimate of drug-likeness (QED) is 0.496. The summed E-state index contributed by atoms with van der Waals surface area (Å²) >= 11 is 0. The molecule has 1 unspecified atom stereocenters. The summed E-state index contributed by atoms with van der Waals surface area (Å²) in [7, 11) is 2.08. The van der Waals surface area contributed by atoms with E-state index in [4.69, 9.17) is 0 Å². The number of anilines is 3. The maximum Gasteiger partial charge on any atom is 0.406 e. The average Bonchev–Trinajstić information content (AvgIpc) is 3.04. The average molecular weight is 551 g/mol. The van der Waals surface area contributed by atoms with Crippen molar-refractivity contribution in [2.45, 2.75) is 12.3 Å². The minimum absolute atomic E-state index is 0.0663. The molecule has 1 fully saturated rings. The lowest BCUT2D eigenvalue weighted by molar-refractivity contribution is -0.133. The minimum atomic E-state index is -4.67. The Bertz CT molecular complexity index is 1390. The molecule has 0 bridgehead atoms. The molecule has 40 heavy (non-hydrogen) atoms.